The third kappa shape index (κ3) is 4.07. The number of nitrogens with zero attached hydrogens (tertiary/aromatic N) is 4. The van der Waals surface area contributed by atoms with Crippen LogP contribution in [-0.2, 0) is 17.8 Å². The number of rotatable bonds is 6. The van der Waals surface area contributed by atoms with Gasteiger partial charge in [0.1, 0.15) is 5.76 Å². The molecule has 0 radical (unpaired) electrons. The zero-order valence-corrected chi connectivity index (χ0v) is 15.2. The summed E-state index contributed by atoms with van der Waals surface area (Å²) in [5.41, 5.74) is 1.21. The maximum atomic E-state index is 12.2. The highest BCUT2D eigenvalue weighted by molar-refractivity contribution is 5.73. The Labute approximate surface area is 148 Å². The van der Waals surface area contributed by atoms with Gasteiger partial charge < -0.3 is 9.32 Å². The second-order valence-corrected chi connectivity index (χ2v) is 6.62. The summed E-state index contributed by atoms with van der Waals surface area (Å²) in [6, 6.07) is 4.55. The van der Waals surface area contributed by atoms with Gasteiger partial charge in [-0.15, -0.1) is 0 Å². The molecule has 6 nitrogen and oxygen atoms in total. The Morgan fingerprint density at radius 1 is 1.48 bits per heavy atom. The highest BCUT2D eigenvalue weighted by Crippen LogP contribution is 2.27. The van der Waals surface area contributed by atoms with E-state index in [1.807, 2.05) is 24.1 Å². The Hall–Kier alpha value is -2.21. The van der Waals surface area contributed by atoms with Crippen molar-refractivity contribution in [2.45, 2.75) is 52.2 Å². The molecule has 0 saturated carbocycles. The van der Waals surface area contributed by atoms with Crippen molar-refractivity contribution < 1.29 is 9.21 Å². The normalized spacial score (nSPS) is 19.1. The highest BCUT2D eigenvalue weighted by Gasteiger charge is 2.32. The number of aromatic nitrogens is 2. The minimum absolute atomic E-state index is 0.0668. The molecule has 1 aliphatic rings. The van der Waals surface area contributed by atoms with E-state index >= 15 is 0 Å². The standard InChI is InChI=1S/C19H26N4O2/c1-4-18-11-21-19(25-18)13-23(15(3)24)17-7-9-22(12-17)14(2)16-6-5-8-20-10-16/h5-6,8,10-11,14,17H,4,7,9,12-13H2,1-3H3/t14-,17-/m1/s1. The minimum atomic E-state index is 0.0668. The van der Waals surface area contributed by atoms with Crippen molar-refractivity contribution in [3.8, 4) is 0 Å². The number of likely N-dealkylation sites (tertiary alicyclic amines) is 1. The zero-order chi connectivity index (χ0) is 17.8. The Balaban J connectivity index is 1.66. The number of carbonyl (C=O) groups is 1. The molecule has 2 aromatic rings. The quantitative estimate of drug-likeness (QED) is 0.808. The Bertz CT molecular complexity index is 700. The van der Waals surface area contributed by atoms with Gasteiger partial charge in [-0.05, 0) is 25.0 Å². The maximum Gasteiger partial charge on any atom is 0.220 e. The molecule has 1 amide bonds. The maximum absolute atomic E-state index is 12.2. The first kappa shape index (κ1) is 17.6. The summed E-state index contributed by atoms with van der Waals surface area (Å²) in [5, 5.41) is 0. The van der Waals surface area contributed by atoms with Gasteiger partial charge in [-0.2, -0.15) is 0 Å². The SMILES string of the molecule is CCc1cnc(CN(C(C)=O)[C@@H]2CCN([C@H](C)c3cccnc3)C2)o1. The molecule has 0 N–H and O–H groups in total. The van der Waals surface area contributed by atoms with Gasteiger partial charge in [-0.1, -0.05) is 13.0 Å². The number of hydrogen-bond acceptors (Lipinski definition) is 5. The second-order valence-electron chi connectivity index (χ2n) is 6.62. The molecular weight excluding hydrogens is 316 g/mol. The first-order valence-corrected chi connectivity index (χ1v) is 8.93. The van der Waals surface area contributed by atoms with Crippen LogP contribution in [-0.4, -0.2) is 44.8 Å². The smallest absolute Gasteiger partial charge is 0.220 e. The van der Waals surface area contributed by atoms with E-state index in [1.165, 1.54) is 5.56 Å². The fourth-order valence-corrected chi connectivity index (χ4v) is 3.44. The van der Waals surface area contributed by atoms with Crippen molar-refractivity contribution in [1.29, 1.82) is 0 Å². The number of aryl methyl sites for hydroxylation is 1. The van der Waals surface area contributed by atoms with Gasteiger partial charge in [0.05, 0.1) is 12.7 Å². The Morgan fingerprint density at radius 3 is 2.96 bits per heavy atom. The predicted molar refractivity (Wildman–Crippen MR) is 94.7 cm³/mol. The summed E-state index contributed by atoms with van der Waals surface area (Å²) >= 11 is 0. The van der Waals surface area contributed by atoms with E-state index in [0.717, 1.165) is 31.7 Å². The van der Waals surface area contributed by atoms with Crippen LogP contribution in [0, 0.1) is 0 Å². The van der Waals surface area contributed by atoms with Crippen LogP contribution < -0.4 is 0 Å². The third-order valence-corrected chi connectivity index (χ3v) is 5.01. The van der Waals surface area contributed by atoms with Crippen LogP contribution in [0.15, 0.2) is 35.1 Å². The highest BCUT2D eigenvalue weighted by atomic mass is 16.4. The van der Waals surface area contributed by atoms with Crippen molar-refractivity contribution in [3.63, 3.8) is 0 Å². The first-order chi connectivity index (χ1) is 12.1. The van der Waals surface area contributed by atoms with E-state index in [-0.39, 0.29) is 11.9 Å². The van der Waals surface area contributed by atoms with Crippen LogP contribution in [0.2, 0.25) is 0 Å². The number of carbonyl (C=O) groups excluding carboxylic acids is 1. The van der Waals surface area contributed by atoms with Gasteiger partial charge in [0.2, 0.25) is 11.8 Å². The van der Waals surface area contributed by atoms with Crippen LogP contribution >= 0.6 is 0 Å². The Morgan fingerprint density at radius 2 is 2.32 bits per heavy atom. The molecule has 0 unspecified atom stereocenters. The molecule has 1 saturated heterocycles. The lowest BCUT2D eigenvalue weighted by Crippen LogP contribution is -2.40. The summed E-state index contributed by atoms with van der Waals surface area (Å²) in [6.07, 6.45) is 7.23. The van der Waals surface area contributed by atoms with Crippen LogP contribution in [0.25, 0.3) is 0 Å². The summed E-state index contributed by atoms with van der Waals surface area (Å²) < 4.78 is 5.69. The fourth-order valence-electron chi connectivity index (χ4n) is 3.44. The molecule has 1 aliphatic heterocycles. The molecule has 25 heavy (non-hydrogen) atoms. The molecule has 0 spiro atoms. The van der Waals surface area contributed by atoms with Gasteiger partial charge in [0, 0.05) is 50.9 Å². The fraction of sp³-hybridized carbons (Fsp3) is 0.526. The number of oxazole rings is 1. The van der Waals surface area contributed by atoms with Gasteiger partial charge in [0.15, 0.2) is 0 Å². The van der Waals surface area contributed by atoms with Crippen molar-refractivity contribution in [3.05, 3.63) is 47.9 Å². The van der Waals surface area contributed by atoms with E-state index in [1.54, 1.807) is 19.3 Å². The second kappa shape index (κ2) is 7.78. The van der Waals surface area contributed by atoms with E-state index < -0.39 is 0 Å². The average molecular weight is 342 g/mol. The van der Waals surface area contributed by atoms with Crippen molar-refractivity contribution in [1.82, 2.24) is 19.8 Å². The lowest BCUT2D eigenvalue weighted by Gasteiger charge is -2.29. The third-order valence-electron chi connectivity index (χ3n) is 5.01. The largest absolute Gasteiger partial charge is 0.444 e. The van der Waals surface area contributed by atoms with Gasteiger partial charge >= 0.3 is 0 Å². The van der Waals surface area contributed by atoms with Crippen LogP contribution in [0.3, 0.4) is 0 Å². The van der Waals surface area contributed by atoms with E-state index in [0.29, 0.717) is 18.5 Å². The van der Waals surface area contributed by atoms with E-state index in [2.05, 4.69) is 27.9 Å². The Kier molecular flexibility index (Phi) is 5.48. The summed E-state index contributed by atoms with van der Waals surface area (Å²) in [7, 11) is 0. The monoisotopic (exact) mass is 342 g/mol. The van der Waals surface area contributed by atoms with Crippen LogP contribution in [0.4, 0.5) is 0 Å². The van der Waals surface area contributed by atoms with Crippen molar-refractivity contribution in [2.75, 3.05) is 13.1 Å². The zero-order valence-electron chi connectivity index (χ0n) is 15.2. The molecule has 0 aromatic carbocycles. The average Bonchev–Trinajstić information content (AvgIpc) is 3.29. The number of pyridine rings is 1. The molecule has 0 bridgehead atoms. The predicted octanol–water partition coefficient (Wildman–Crippen LogP) is 2.82. The molecule has 3 heterocycles. The van der Waals surface area contributed by atoms with Crippen molar-refractivity contribution >= 4 is 5.91 Å². The molecule has 0 aliphatic carbocycles. The molecule has 2 aromatic heterocycles. The molecule has 3 rings (SSSR count). The lowest BCUT2D eigenvalue weighted by molar-refractivity contribution is -0.132. The molecule has 6 heteroatoms. The molecule has 1 fully saturated rings. The van der Waals surface area contributed by atoms with Gasteiger partial charge in [0.25, 0.3) is 0 Å². The number of amides is 1. The van der Waals surface area contributed by atoms with Crippen LogP contribution in [0.1, 0.15) is 50.4 Å². The molecule has 2 atom stereocenters. The minimum Gasteiger partial charge on any atom is -0.444 e. The summed E-state index contributed by atoms with van der Waals surface area (Å²) in [4.78, 5) is 25.0. The van der Waals surface area contributed by atoms with E-state index in [4.69, 9.17) is 4.42 Å². The molecular formula is C19H26N4O2. The summed E-state index contributed by atoms with van der Waals surface area (Å²) in [5.74, 6) is 1.54. The topological polar surface area (TPSA) is 62.5 Å². The van der Waals surface area contributed by atoms with Gasteiger partial charge in [-0.25, -0.2) is 4.98 Å². The first-order valence-electron chi connectivity index (χ1n) is 8.93. The summed E-state index contributed by atoms with van der Waals surface area (Å²) in [6.45, 7) is 8.11. The molecule has 134 valence electrons. The van der Waals surface area contributed by atoms with Crippen molar-refractivity contribution in [2.24, 2.45) is 0 Å². The van der Waals surface area contributed by atoms with E-state index in [9.17, 15) is 4.79 Å². The van der Waals surface area contributed by atoms with Crippen LogP contribution in [0.5, 0.6) is 0 Å². The lowest BCUT2D eigenvalue weighted by atomic mass is 10.1. The number of hydrogen-bond donors (Lipinski definition) is 0. The van der Waals surface area contributed by atoms with Gasteiger partial charge in [-0.3, -0.25) is 14.7 Å².